The molecule has 1 heterocycles. The summed E-state index contributed by atoms with van der Waals surface area (Å²) in [7, 11) is 0. The zero-order chi connectivity index (χ0) is 24.7. The lowest BCUT2D eigenvalue weighted by molar-refractivity contribution is -0.152. The van der Waals surface area contributed by atoms with Crippen molar-refractivity contribution in [2.24, 2.45) is 4.99 Å². The SMILES string of the molecule is CC(=O)N1CC(=O)NC(CCCN=C(NC(=O)OC(C)(C)C)NC(=O)OC(C)(C)C)C1=O. The summed E-state index contributed by atoms with van der Waals surface area (Å²) in [5.41, 5.74) is -1.52. The zero-order valence-electron chi connectivity index (χ0n) is 19.7. The molecule has 1 rings (SSSR count). The summed E-state index contributed by atoms with van der Waals surface area (Å²) < 4.78 is 10.3. The molecular formula is C20H33N5O7. The fourth-order valence-electron chi connectivity index (χ4n) is 2.57. The molecule has 12 heteroatoms. The molecule has 0 spiro atoms. The minimum atomic E-state index is -0.851. The van der Waals surface area contributed by atoms with Gasteiger partial charge in [-0.1, -0.05) is 0 Å². The number of alkyl carbamates (subject to hydrolysis) is 2. The molecule has 1 atom stereocenters. The van der Waals surface area contributed by atoms with Crippen molar-refractivity contribution in [2.75, 3.05) is 13.1 Å². The normalized spacial score (nSPS) is 16.6. The molecule has 0 aromatic rings. The number of hydrogen-bond acceptors (Lipinski definition) is 8. The van der Waals surface area contributed by atoms with Crippen molar-refractivity contribution >= 4 is 35.9 Å². The fraction of sp³-hybridized carbons (Fsp3) is 0.700. The number of amides is 5. The van der Waals surface area contributed by atoms with Crippen LogP contribution < -0.4 is 16.0 Å². The van der Waals surface area contributed by atoms with Crippen molar-refractivity contribution < 1.29 is 33.4 Å². The van der Waals surface area contributed by atoms with Crippen LogP contribution in [0.2, 0.25) is 0 Å². The Labute approximate surface area is 187 Å². The molecule has 5 amide bonds. The minimum absolute atomic E-state index is 0.0979. The summed E-state index contributed by atoms with van der Waals surface area (Å²) in [5.74, 6) is -1.59. The Morgan fingerprint density at radius 1 is 1.03 bits per heavy atom. The number of aliphatic imine (C=N–C) groups is 1. The van der Waals surface area contributed by atoms with Gasteiger partial charge in [-0.15, -0.1) is 0 Å². The number of carbonyl (C=O) groups is 5. The van der Waals surface area contributed by atoms with Gasteiger partial charge in [-0.2, -0.15) is 0 Å². The van der Waals surface area contributed by atoms with E-state index in [0.29, 0.717) is 6.42 Å². The number of piperazine rings is 1. The van der Waals surface area contributed by atoms with E-state index < -0.39 is 47.2 Å². The van der Waals surface area contributed by atoms with E-state index in [9.17, 15) is 24.0 Å². The highest BCUT2D eigenvalue weighted by atomic mass is 16.6. The van der Waals surface area contributed by atoms with Crippen molar-refractivity contribution in [1.82, 2.24) is 20.9 Å². The van der Waals surface area contributed by atoms with E-state index in [4.69, 9.17) is 9.47 Å². The van der Waals surface area contributed by atoms with Crippen molar-refractivity contribution in [2.45, 2.75) is 78.6 Å². The molecule has 1 fully saturated rings. The van der Waals surface area contributed by atoms with Crippen molar-refractivity contribution in [3.05, 3.63) is 0 Å². The van der Waals surface area contributed by atoms with Crippen LogP contribution in [-0.2, 0) is 23.9 Å². The van der Waals surface area contributed by atoms with E-state index in [1.165, 1.54) is 6.92 Å². The van der Waals surface area contributed by atoms with Gasteiger partial charge in [0.25, 0.3) is 5.91 Å². The van der Waals surface area contributed by atoms with Crippen LogP contribution in [0.3, 0.4) is 0 Å². The molecule has 1 aliphatic heterocycles. The standard InChI is InChI=1S/C20H33N5O7/c1-12(26)25-11-14(27)22-13(15(25)28)9-8-10-21-16(23-17(29)31-19(2,3)4)24-18(30)32-20(5,6)7/h13H,8-11H2,1-7H3,(H,22,27)(H2,21,23,24,29,30). The molecule has 0 radical (unpaired) electrons. The molecule has 3 N–H and O–H groups in total. The number of guanidine groups is 1. The molecule has 1 aliphatic rings. The Morgan fingerprint density at radius 2 is 1.53 bits per heavy atom. The van der Waals surface area contributed by atoms with Gasteiger partial charge in [0, 0.05) is 13.5 Å². The molecule has 1 unspecified atom stereocenters. The number of nitrogens with one attached hydrogen (secondary N) is 3. The largest absolute Gasteiger partial charge is 0.444 e. The summed E-state index contributed by atoms with van der Waals surface area (Å²) >= 11 is 0. The average Bonchev–Trinajstić information content (AvgIpc) is 2.57. The maximum Gasteiger partial charge on any atom is 0.414 e. The number of imide groups is 1. The number of nitrogens with zero attached hydrogens (tertiary/aromatic N) is 2. The van der Waals surface area contributed by atoms with Gasteiger partial charge < -0.3 is 14.8 Å². The molecule has 12 nitrogen and oxygen atoms in total. The summed E-state index contributed by atoms with van der Waals surface area (Å²) in [6, 6.07) is -0.851. The van der Waals surface area contributed by atoms with E-state index in [1.54, 1.807) is 41.5 Å². The highest BCUT2D eigenvalue weighted by Crippen LogP contribution is 2.10. The number of ether oxygens (including phenoxy) is 2. The van der Waals surface area contributed by atoms with Gasteiger partial charge in [0.1, 0.15) is 23.8 Å². The van der Waals surface area contributed by atoms with Gasteiger partial charge in [0.2, 0.25) is 17.8 Å². The Morgan fingerprint density at radius 3 is 1.97 bits per heavy atom. The summed E-state index contributed by atoms with van der Waals surface area (Å²) in [4.78, 5) is 64.7. The molecule has 32 heavy (non-hydrogen) atoms. The lowest BCUT2D eigenvalue weighted by Crippen LogP contribution is -2.59. The van der Waals surface area contributed by atoms with E-state index in [2.05, 4.69) is 20.9 Å². The van der Waals surface area contributed by atoms with E-state index >= 15 is 0 Å². The van der Waals surface area contributed by atoms with E-state index in [0.717, 1.165) is 4.90 Å². The molecular weight excluding hydrogens is 422 g/mol. The van der Waals surface area contributed by atoms with Crippen LogP contribution in [-0.4, -0.2) is 71.1 Å². The maximum absolute atomic E-state index is 12.3. The van der Waals surface area contributed by atoms with E-state index in [1.807, 2.05) is 0 Å². The summed E-state index contributed by atoms with van der Waals surface area (Å²) in [6.45, 7) is 11.1. The first-order chi connectivity index (χ1) is 14.6. The van der Waals surface area contributed by atoms with Crippen LogP contribution in [0.4, 0.5) is 9.59 Å². The van der Waals surface area contributed by atoms with Crippen LogP contribution in [0.1, 0.15) is 61.3 Å². The van der Waals surface area contributed by atoms with Crippen molar-refractivity contribution in [3.8, 4) is 0 Å². The van der Waals surface area contributed by atoms with Gasteiger partial charge in [0.05, 0.1) is 0 Å². The number of hydrogen-bond donors (Lipinski definition) is 3. The summed E-state index contributed by atoms with van der Waals surface area (Å²) in [6.07, 6.45) is -1.11. The van der Waals surface area contributed by atoms with Crippen LogP contribution in [0.25, 0.3) is 0 Å². The number of carbonyl (C=O) groups excluding carboxylic acids is 5. The van der Waals surface area contributed by atoms with Crippen molar-refractivity contribution in [3.63, 3.8) is 0 Å². The zero-order valence-corrected chi connectivity index (χ0v) is 19.7. The molecule has 0 aromatic heterocycles. The highest BCUT2D eigenvalue weighted by molar-refractivity contribution is 6.04. The molecule has 0 aliphatic carbocycles. The lowest BCUT2D eigenvalue weighted by Gasteiger charge is -2.30. The van der Waals surface area contributed by atoms with Crippen LogP contribution in [0.15, 0.2) is 4.99 Å². The van der Waals surface area contributed by atoms with Crippen LogP contribution in [0.5, 0.6) is 0 Å². The molecule has 0 aromatic carbocycles. The quantitative estimate of drug-likeness (QED) is 0.325. The van der Waals surface area contributed by atoms with Crippen LogP contribution >= 0.6 is 0 Å². The molecule has 0 saturated carbocycles. The van der Waals surface area contributed by atoms with Crippen LogP contribution in [0, 0.1) is 0 Å². The van der Waals surface area contributed by atoms with Gasteiger partial charge in [-0.25, -0.2) is 9.59 Å². The smallest absolute Gasteiger partial charge is 0.414 e. The Hall–Kier alpha value is -3.18. The second kappa shape index (κ2) is 10.9. The monoisotopic (exact) mass is 455 g/mol. The first-order valence-corrected chi connectivity index (χ1v) is 10.2. The minimum Gasteiger partial charge on any atom is -0.444 e. The van der Waals surface area contributed by atoms with E-state index in [-0.39, 0.29) is 25.5 Å². The molecule has 1 saturated heterocycles. The third kappa shape index (κ3) is 10.2. The second-order valence-corrected chi connectivity index (χ2v) is 9.19. The second-order valence-electron chi connectivity index (χ2n) is 9.19. The average molecular weight is 456 g/mol. The lowest BCUT2D eigenvalue weighted by atomic mass is 10.1. The van der Waals surface area contributed by atoms with Gasteiger partial charge in [0.15, 0.2) is 0 Å². The highest BCUT2D eigenvalue weighted by Gasteiger charge is 2.34. The molecule has 180 valence electrons. The topological polar surface area (TPSA) is 156 Å². The predicted molar refractivity (Wildman–Crippen MR) is 115 cm³/mol. The Balaban J connectivity index is 2.77. The Kier molecular flexibility index (Phi) is 9.16. The van der Waals surface area contributed by atoms with Crippen molar-refractivity contribution in [1.29, 1.82) is 0 Å². The van der Waals surface area contributed by atoms with Gasteiger partial charge in [-0.05, 0) is 54.4 Å². The summed E-state index contributed by atoms with van der Waals surface area (Å²) in [5, 5.41) is 7.25. The van der Waals surface area contributed by atoms with Gasteiger partial charge in [-0.3, -0.25) is 34.9 Å². The fourth-order valence-corrected chi connectivity index (χ4v) is 2.57. The first-order valence-electron chi connectivity index (χ1n) is 10.2. The first kappa shape index (κ1) is 26.9. The number of rotatable bonds is 4. The predicted octanol–water partition coefficient (Wildman–Crippen LogP) is 1.05. The third-order valence-electron chi connectivity index (χ3n) is 3.74. The Bertz CT molecular complexity index is 748. The van der Waals surface area contributed by atoms with Gasteiger partial charge >= 0.3 is 12.2 Å². The molecule has 0 bridgehead atoms. The maximum atomic E-state index is 12.3. The third-order valence-corrected chi connectivity index (χ3v) is 3.74.